The number of hydrazine groups is 1. The lowest BCUT2D eigenvalue weighted by Gasteiger charge is -2.06. The van der Waals surface area contributed by atoms with E-state index < -0.39 is 17.6 Å². The topological polar surface area (TPSA) is 128 Å². The van der Waals surface area contributed by atoms with E-state index in [9.17, 15) is 14.0 Å². The van der Waals surface area contributed by atoms with Crippen molar-refractivity contribution < 1.29 is 18.4 Å². The van der Waals surface area contributed by atoms with Crippen LogP contribution in [0.3, 0.4) is 0 Å². The fourth-order valence-electron chi connectivity index (χ4n) is 1.96. The summed E-state index contributed by atoms with van der Waals surface area (Å²) >= 11 is 0.981. The molecule has 2 aromatic heterocycles. The molecule has 0 aliphatic rings. The molecule has 3 aromatic rings. The number of nitrogen functional groups attached to an aromatic ring is 1. The first kappa shape index (κ1) is 17.5. The predicted molar refractivity (Wildman–Crippen MR) is 90.6 cm³/mol. The number of halogens is 1. The lowest BCUT2D eigenvalue weighted by Crippen LogP contribution is -2.42. The van der Waals surface area contributed by atoms with E-state index in [-0.39, 0.29) is 28.1 Å². The van der Waals surface area contributed by atoms with Crippen molar-refractivity contribution in [1.29, 1.82) is 0 Å². The van der Waals surface area contributed by atoms with E-state index in [0.717, 1.165) is 16.4 Å². The highest BCUT2D eigenvalue weighted by atomic mass is 32.2. The number of furan rings is 1. The fraction of sp³-hybridized carbons (Fsp3) is 0.0667. The summed E-state index contributed by atoms with van der Waals surface area (Å²) in [7, 11) is 0. The van der Waals surface area contributed by atoms with Crippen LogP contribution in [0.5, 0.6) is 0 Å². The van der Waals surface area contributed by atoms with Gasteiger partial charge in [-0.05, 0) is 24.3 Å². The molecule has 0 bridgehead atoms. The van der Waals surface area contributed by atoms with Crippen molar-refractivity contribution in [2.45, 2.75) is 5.16 Å². The minimum atomic E-state index is -0.586. The molecule has 0 saturated heterocycles. The number of hydrogen-bond donors (Lipinski definition) is 3. The Morgan fingerprint density at radius 1 is 1.19 bits per heavy atom. The molecule has 0 fully saturated rings. The molecule has 2 heterocycles. The van der Waals surface area contributed by atoms with Crippen molar-refractivity contribution in [2.24, 2.45) is 0 Å². The average Bonchev–Trinajstić information content (AvgIpc) is 3.29. The van der Waals surface area contributed by atoms with E-state index in [1.165, 1.54) is 24.5 Å². The Morgan fingerprint density at radius 2 is 2.00 bits per heavy atom. The summed E-state index contributed by atoms with van der Waals surface area (Å²) in [6.45, 7) is 0. The third kappa shape index (κ3) is 3.83. The van der Waals surface area contributed by atoms with Gasteiger partial charge >= 0.3 is 5.91 Å². The highest BCUT2D eigenvalue weighted by Gasteiger charge is 2.16. The fourth-order valence-corrected chi connectivity index (χ4v) is 2.62. The Kier molecular flexibility index (Phi) is 5.17. The van der Waals surface area contributed by atoms with Crippen molar-refractivity contribution in [2.75, 3.05) is 11.6 Å². The van der Waals surface area contributed by atoms with Crippen LogP contribution in [0, 0.1) is 5.82 Å². The van der Waals surface area contributed by atoms with Gasteiger partial charge in [0.15, 0.2) is 11.6 Å². The number of amides is 2. The molecule has 26 heavy (non-hydrogen) atoms. The SMILES string of the molecule is Nn1c(SCC(=O)NNC(=O)c2ccco2)nnc1-c1ccccc1F. The Labute approximate surface area is 150 Å². The number of carbonyl (C=O) groups is 2. The van der Waals surface area contributed by atoms with E-state index in [1.54, 1.807) is 18.2 Å². The summed E-state index contributed by atoms with van der Waals surface area (Å²) in [6.07, 6.45) is 1.34. The number of nitrogens with zero attached hydrogens (tertiary/aromatic N) is 3. The molecule has 0 atom stereocenters. The van der Waals surface area contributed by atoms with Crippen molar-refractivity contribution in [3.05, 3.63) is 54.2 Å². The number of thioether (sulfide) groups is 1. The Hall–Kier alpha value is -3.34. The number of rotatable bonds is 5. The minimum Gasteiger partial charge on any atom is -0.459 e. The third-order valence-electron chi connectivity index (χ3n) is 3.17. The zero-order chi connectivity index (χ0) is 18.5. The molecule has 1 aromatic carbocycles. The molecule has 0 saturated carbocycles. The molecule has 0 aliphatic carbocycles. The van der Waals surface area contributed by atoms with E-state index >= 15 is 0 Å². The molecule has 4 N–H and O–H groups in total. The van der Waals surface area contributed by atoms with Gasteiger partial charge in [0, 0.05) is 0 Å². The van der Waals surface area contributed by atoms with Crippen molar-refractivity contribution in [3.63, 3.8) is 0 Å². The van der Waals surface area contributed by atoms with Gasteiger partial charge in [-0.15, -0.1) is 10.2 Å². The van der Waals surface area contributed by atoms with Crippen LogP contribution in [0.2, 0.25) is 0 Å². The van der Waals surface area contributed by atoms with Crippen molar-refractivity contribution in [3.8, 4) is 11.4 Å². The second kappa shape index (κ2) is 7.70. The van der Waals surface area contributed by atoms with Crippen LogP contribution in [0.4, 0.5) is 4.39 Å². The second-order valence-electron chi connectivity index (χ2n) is 4.92. The zero-order valence-corrected chi connectivity index (χ0v) is 14.0. The molecule has 11 heteroatoms. The number of carbonyl (C=O) groups excluding carboxylic acids is 2. The van der Waals surface area contributed by atoms with E-state index in [1.807, 2.05) is 0 Å². The maximum atomic E-state index is 13.8. The Bertz CT molecular complexity index is 927. The molecule has 0 aliphatic heterocycles. The number of nitrogens with two attached hydrogens (primary N) is 1. The number of nitrogens with one attached hydrogen (secondary N) is 2. The van der Waals surface area contributed by atoms with Crippen LogP contribution in [-0.2, 0) is 4.79 Å². The Morgan fingerprint density at radius 3 is 2.73 bits per heavy atom. The summed E-state index contributed by atoms with van der Waals surface area (Å²) in [6, 6.07) is 9.01. The minimum absolute atomic E-state index is 0.0641. The van der Waals surface area contributed by atoms with Crippen LogP contribution < -0.4 is 16.7 Å². The smallest absolute Gasteiger partial charge is 0.305 e. The first-order chi connectivity index (χ1) is 12.6. The third-order valence-corrected chi connectivity index (χ3v) is 4.12. The van der Waals surface area contributed by atoms with Gasteiger partial charge in [0.1, 0.15) is 5.82 Å². The van der Waals surface area contributed by atoms with Gasteiger partial charge in [0.2, 0.25) is 11.1 Å². The summed E-state index contributed by atoms with van der Waals surface area (Å²) in [5.74, 6) is 4.41. The van der Waals surface area contributed by atoms with Gasteiger partial charge in [0.25, 0.3) is 0 Å². The highest BCUT2D eigenvalue weighted by molar-refractivity contribution is 7.99. The normalized spacial score (nSPS) is 10.5. The molecule has 0 radical (unpaired) electrons. The quantitative estimate of drug-likeness (QED) is 0.343. The van der Waals surface area contributed by atoms with E-state index in [2.05, 4.69) is 21.0 Å². The molecule has 0 unspecified atom stereocenters. The van der Waals surface area contributed by atoms with E-state index in [4.69, 9.17) is 10.3 Å². The van der Waals surface area contributed by atoms with Gasteiger partial charge in [-0.2, -0.15) is 0 Å². The van der Waals surface area contributed by atoms with Crippen LogP contribution in [0.25, 0.3) is 11.4 Å². The summed E-state index contributed by atoms with van der Waals surface area (Å²) in [5.41, 5.74) is 4.63. The van der Waals surface area contributed by atoms with Crippen LogP contribution in [-0.4, -0.2) is 32.4 Å². The van der Waals surface area contributed by atoms with Crippen LogP contribution >= 0.6 is 11.8 Å². The largest absolute Gasteiger partial charge is 0.459 e. The first-order valence-corrected chi connectivity index (χ1v) is 8.25. The summed E-state index contributed by atoms with van der Waals surface area (Å²) in [5, 5.41) is 7.91. The van der Waals surface area contributed by atoms with Crippen LogP contribution in [0.1, 0.15) is 10.6 Å². The number of aromatic nitrogens is 3. The molecule has 134 valence electrons. The maximum Gasteiger partial charge on any atom is 0.305 e. The van der Waals surface area contributed by atoms with Gasteiger partial charge in [-0.3, -0.25) is 20.4 Å². The monoisotopic (exact) mass is 376 g/mol. The molecule has 0 spiro atoms. The highest BCUT2D eigenvalue weighted by Crippen LogP contribution is 2.23. The van der Waals surface area contributed by atoms with Crippen molar-refractivity contribution in [1.82, 2.24) is 25.7 Å². The first-order valence-electron chi connectivity index (χ1n) is 7.27. The van der Waals surface area contributed by atoms with Gasteiger partial charge in [-0.1, -0.05) is 23.9 Å². The van der Waals surface area contributed by atoms with Gasteiger partial charge in [-0.25, -0.2) is 9.07 Å². The molecule has 3 rings (SSSR count). The molecular weight excluding hydrogens is 363 g/mol. The van der Waals surface area contributed by atoms with E-state index in [0.29, 0.717) is 0 Å². The lowest BCUT2D eigenvalue weighted by atomic mass is 10.2. The number of hydrogen-bond acceptors (Lipinski definition) is 7. The summed E-state index contributed by atoms with van der Waals surface area (Å²) in [4.78, 5) is 23.4. The molecule has 2 amide bonds. The average molecular weight is 376 g/mol. The standard InChI is InChI=1S/C15H13FN6O3S/c16-10-5-2-1-4-9(10)13-19-21-15(22(13)17)26-8-12(23)18-20-14(24)11-6-3-7-25-11/h1-7H,8,17H2,(H,18,23)(H,20,24). The number of benzene rings is 1. The van der Waals surface area contributed by atoms with Crippen LogP contribution in [0.15, 0.2) is 52.2 Å². The molecule has 9 nitrogen and oxygen atoms in total. The van der Waals surface area contributed by atoms with Crippen molar-refractivity contribution >= 4 is 23.6 Å². The van der Waals surface area contributed by atoms with Gasteiger partial charge in [0.05, 0.1) is 17.6 Å². The maximum absolute atomic E-state index is 13.8. The molecular formula is C15H13FN6O3S. The van der Waals surface area contributed by atoms with Gasteiger partial charge < -0.3 is 10.3 Å². The predicted octanol–water partition coefficient (Wildman–Crippen LogP) is 0.944. The Balaban J connectivity index is 1.56. The zero-order valence-electron chi connectivity index (χ0n) is 13.2. The lowest BCUT2D eigenvalue weighted by molar-refractivity contribution is -0.119. The second-order valence-corrected chi connectivity index (χ2v) is 5.87. The summed E-state index contributed by atoms with van der Waals surface area (Å²) < 4.78 is 19.8.